The van der Waals surface area contributed by atoms with Crippen LogP contribution in [0.25, 0.3) is 0 Å². The SMILES string of the molecule is O=C(Nc1cc2c(cc1Cl)OCCCO2)c1ccc(F)c(C(F)(F)F)c1. The zero-order valence-corrected chi connectivity index (χ0v) is 13.9. The lowest BCUT2D eigenvalue weighted by Crippen LogP contribution is -2.15. The van der Waals surface area contributed by atoms with Crippen molar-refractivity contribution < 1.29 is 31.8 Å². The Bertz CT molecular complexity index is 855. The van der Waals surface area contributed by atoms with Crippen LogP contribution in [0.3, 0.4) is 0 Å². The fourth-order valence-corrected chi connectivity index (χ4v) is 2.56. The van der Waals surface area contributed by atoms with Crippen molar-refractivity contribution in [2.75, 3.05) is 18.5 Å². The van der Waals surface area contributed by atoms with Crippen molar-refractivity contribution in [3.63, 3.8) is 0 Å². The average Bonchev–Trinajstić information content (AvgIpc) is 2.79. The topological polar surface area (TPSA) is 47.6 Å². The van der Waals surface area contributed by atoms with E-state index in [-0.39, 0.29) is 16.3 Å². The summed E-state index contributed by atoms with van der Waals surface area (Å²) in [7, 11) is 0. The largest absolute Gasteiger partial charge is 0.490 e. The molecule has 0 spiro atoms. The van der Waals surface area contributed by atoms with E-state index in [1.807, 2.05) is 0 Å². The van der Waals surface area contributed by atoms with Crippen molar-refractivity contribution in [2.45, 2.75) is 12.6 Å². The van der Waals surface area contributed by atoms with E-state index in [0.29, 0.717) is 43.3 Å². The van der Waals surface area contributed by atoms with E-state index < -0.39 is 23.5 Å². The minimum Gasteiger partial charge on any atom is -0.490 e. The first-order valence-electron chi connectivity index (χ1n) is 7.53. The highest BCUT2D eigenvalue weighted by Gasteiger charge is 2.34. The molecule has 3 rings (SSSR count). The van der Waals surface area contributed by atoms with E-state index in [2.05, 4.69) is 5.32 Å². The average molecular weight is 390 g/mol. The molecule has 1 aliphatic rings. The summed E-state index contributed by atoms with van der Waals surface area (Å²) in [6, 6.07) is 4.87. The number of nitrogens with one attached hydrogen (secondary N) is 1. The van der Waals surface area contributed by atoms with Gasteiger partial charge in [-0.2, -0.15) is 13.2 Å². The van der Waals surface area contributed by atoms with Gasteiger partial charge in [0, 0.05) is 24.1 Å². The van der Waals surface area contributed by atoms with Crippen LogP contribution in [0.15, 0.2) is 30.3 Å². The van der Waals surface area contributed by atoms with E-state index in [0.717, 1.165) is 6.07 Å². The predicted molar refractivity (Wildman–Crippen MR) is 86.4 cm³/mol. The van der Waals surface area contributed by atoms with Gasteiger partial charge in [-0.15, -0.1) is 0 Å². The zero-order valence-electron chi connectivity index (χ0n) is 13.1. The van der Waals surface area contributed by atoms with E-state index in [4.69, 9.17) is 21.1 Å². The van der Waals surface area contributed by atoms with Crippen LogP contribution in [0.2, 0.25) is 5.02 Å². The Hall–Kier alpha value is -2.48. The number of ether oxygens (including phenoxy) is 2. The van der Waals surface area contributed by atoms with Gasteiger partial charge in [0.25, 0.3) is 5.91 Å². The third-order valence-electron chi connectivity index (χ3n) is 3.62. The third-order valence-corrected chi connectivity index (χ3v) is 3.93. The molecule has 26 heavy (non-hydrogen) atoms. The van der Waals surface area contributed by atoms with Gasteiger partial charge < -0.3 is 14.8 Å². The first-order valence-corrected chi connectivity index (χ1v) is 7.91. The molecular weight excluding hydrogens is 378 g/mol. The normalized spacial score (nSPS) is 13.9. The Morgan fingerprint density at radius 2 is 1.73 bits per heavy atom. The molecule has 0 aromatic heterocycles. The van der Waals surface area contributed by atoms with E-state index >= 15 is 0 Å². The molecule has 138 valence electrons. The summed E-state index contributed by atoms with van der Waals surface area (Å²) in [6.07, 6.45) is -4.24. The van der Waals surface area contributed by atoms with E-state index in [9.17, 15) is 22.4 Å². The summed E-state index contributed by atoms with van der Waals surface area (Å²) in [4.78, 5) is 12.3. The third kappa shape index (κ3) is 3.85. The molecule has 2 aromatic rings. The van der Waals surface area contributed by atoms with Gasteiger partial charge in [0.2, 0.25) is 0 Å². The second-order valence-electron chi connectivity index (χ2n) is 5.48. The van der Waals surface area contributed by atoms with Crippen LogP contribution in [-0.4, -0.2) is 19.1 Å². The molecular formula is C17H12ClF4NO3. The summed E-state index contributed by atoms with van der Waals surface area (Å²) in [5.41, 5.74) is -1.74. The van der Waals surface area contributed by atoms with Gasteiger partial charge in [0.05, 0.1) is 29.5 Å². The standard InChI is InChI=1S/C17H12ClF4NO3/c18-11-7-14-15(26-5-1-4-25-14)8-13(11)23-16(24)9-2-3-12(19)10(6-9)17(20,21)22/h2-3,6-8H,1,4-5H2,(H,23,24). The molecule has 0 unspecified atom stereocenters. The fourth-order valence-electron chi connectivity index (χ4n) is 2.36. The quantitative estimate of drug-likeness (QED) is 0.742. The number of hydrogen-bond donors (Lipinski definition) is 1. The lowest BCUT2D eigenvalue weighted by Gasteiger charge is -2.13. The minimum absolute atomic E-state index is 0.126. The molecule has 0 saturated carbocycles. The Labute approximate surface area is 150 Å². The maximum Gasteiger partial charge on any atom is 0.419 e. The first-order chi connectivity index (χ1) is 12.3. The number of carbonyl (C=O) groups excluding carboxylic acids is 1. The van der Waals surface area contributed by atoms with Gasteiger partial charge in [-0.25, -0.2) is 4.39 Å². The van der Waals surface area contributed by atoms with Gasteiger partial charge in [0.1, 0.15) is 5.82 Å². The molecule has 1 amide bonds. The molecule has 4 nitrogen and oxygen atoms in total. The molecule has 1 aliphatic heterocycles. The van der Waals surface area contributed by atoms with Crippen LogP contribution in [0, 0.1) is 5.82 Å². The van der Waals surface area contributed by atoms with Crippen molar-refractivity contribution in [3.8, 4) is 11.5 Å². The first kappa shape index (κ1) is 18.3. The summed E-state index contributed by atoms with van der Waals surface area (Å²) in [5, 5.41) is 2.52. The van der Waals surface area contributed by atoms with Crippen molar-refractivity contribution in [2.24, 2.45) is 0 Å². The van der Waals surface area contributed by atoms with Crippen molar-refractivity contribution in [1.29, 1.82) is 0 Å². The monoisotopic (exact) mass is 389 g/mol. The molecule has 0 atom stereocenters. The molecule has 0 bridgehead atoms. The number of benzene rings is 2. The highest BCUT2D eigenvalue weighted by molar-refractivity contribution is 6.34. The smallest absolute Gasteiger partial charge is 0.419 e. The molecule has 1 N–H and O–H groups in total. The zero-order chi connectivity index (χ0) is 18.9. The van der Waals surface area contributed by atoms with Crippen LogP contribution in [0.4, 0.5) is 23.2 Å². The highest BCUT2D eigenvalue weighted by Crippen LogP contribution is 2.38. The van der Waals surface area contributed by atoms with Gasteiger partial charge >= 0.3 is 6.18 Å². The minimum atomic E-state index is -4.91. The van der Waals surface area contributed by atoms with Gasteiger partial charge in [-0.3, -0.25) is 4.79 Å². The number of hydrogen-bond acceptors (Lipinski definition) is 3. The molecule has 0 fully saturated rings. The Morgan fingerprint density at radius 1 is 1.08 bits per heavy atom. The summed E-state index contributed by atoms with van der Waals surface area (Å²) < 4.78 is 62.6. The molecule has 0 radical (unpaired) electrons. The number of alkyl halides is 3. The van der Waals surface area contributed by atoms with Gasteiger partial charge in [-0.1, -0.05) is 11.6 Å². The number of amides is 1. The number of carbonyl (C=O) groups is 1. The Balaban J connectivity index is 1.88. The Kier molecular flexibility index (Phi) is 4.95. The van der Waals surface area contributed by atoms with Crippen LogP contribution in [0.5, 0.6) is 11.5 Å². The number of rotatable bonds is 2. The van der Waals surface area contributed by atoms with E-state index in [1.165, 1.54) is 12.1 Å². The van der Waals surface area contributed by atoms with Crippen LogP contribution in [-0.2, 0) is 6.18 Å². The van der Waals surface area contributed by atoms with Crippen molar-refractivity contribution in [3.05, 3.63) is 52.3 Å². The van der Waals surface area contributed by atoms with Crippen LogP contribution < -0.4 is 14.8 Å². The van der Waals surface area contributed by atoms with Crippen LogP contribution >= 0.6 is 11.6 Å². The number of halogens is 5. The van der Waals surface area contributed by atoms with Gasteiger partial charge in [0.15, 0.2) is 11.5 Å². The predicted octanol–water partition coefficient (Wildman–Crippen LogP) is 4.91. The van der Waals surface area contributed by atoms with Crippen molar-refractivity contribution >= 4 is 23.2 Å². The molecule has 0 saturated heterocycles. The molecule has 1 heterocycles. The summed E-state index contributed by atoms with van der Waals surface area (Å²) in [6.45, 7) is 0.861. The van der Waals surface area contributed by atoms with E-state index in [1.54, 1.807) is 0 Å². The number of anilines is 1. The summed E-state index contributed by atoms with van der Waals surface area (Å²) in [5.74, 6) is -1.56. The molecule has 9 heteroatoms. The highest BCUT2D eigenvalue weighted by atomic mass is 35.5. The second kappa shape index (κ2) is 7.03. The number of fused-ring (bicyclic) bond motifs is 1. The summed E-state index contributed by atoms with van der Waals surface area (Å²) >= 11 is 6.08. The second-order valence-corrected chi connectivity index (χ2v) is 5.88. The molecule has 0 aliphatic carbocycles. The Morgan fingerprint density at radius 3 is 2.38 bits per heavy atom. The lowest BCUT2D eigenvalue weighted by molar-refractivity contribution is -0.140. The fraction of sp³-hybridized carbons (Fsp3) is 0.235. The maximum atomic E-state index is 13.3. The maximum absolute atomic E-state index is 13.3. The van der Waals surface area contributed by atoms with Gasteiger partial charge in [-0.05, 0) is 18.2 Å². The lowest BCUT2D eigenvalue weighted by atomic mass is 10.1. The molecule has 2 aromatic carbocycles. The van der Waals surface area contributed by atoms with Crippen molar-refractivity contribution in [1.82, 2.24) is 0 Å². The van der Waals surface area contributed by atoms with Crippen LogP contribution in [0.1, 0.15) is 22.3 Å².